The van der Waals surface area contributed by atoms with Gasteiger partial charge >= 0.3 is 0 Å². The van der Waals surface area contributed by atoms with Crippen LogP contribution in [0, 0.1) is 0 Å². The summed E-state index contributed by atoms with van der Waals surface area (Å²) in [6.45, 7) is 1.72. The Morgan fingerprint density at radius 1 is 1.25 bits per heavy atom. The second-order valence-electron chi connectivity index (χ2n) is 5.09. The predicted molar refractivity (Wildman–Crippen MR) is 82.8 cm³/mol. The molecular weight excluding hydrogens is 294 g/mol. The normalized spacial score (nSPS) is 26.8. The van der Waals surface area contributed by atoms with Crippen LogP contribution in [0.5, 0.6) is 0 Å². The predicted octanol–water partition coefficient (Wildman–Crippen LogP) is 1.82. The van der Waals surface area contributed by atoms with E-state index in [1.807, 2.05) is 40.9 Å². The first-order valence-corrected chi connectivity index (χ1v) is 8.41. The molecule has 0 spiro atoms. The molecule has 2 N–H and O–H groups in total. The SMILES string of the molecule is O=C(C1CC(c2ccccc2Cl)NN1)N1CCSCC1. The lowest BCUT2D eigenvalue weighted by Crippen LogP contribution is -2.48. The van der Waals surface area contributed by atoms with Crippen LogP contribution in [-0.4, -0.2) is 41.4 Å². The molecule has 1 aromatic carbocycles. The van der Waals surface area contributed by atoms with E-state index in [0.29, 0.717) is 0 Å². The van der Waals surface area contributed by atoms with Crippen LogP contribution in [0.2, 0.25) is 5.02 Å². The van der Waals surface area contributed by atoms with Crippen LogP contribution in [0.4, 0.5) is 0 Å². The monoisotopic (exact) mass is 311 g/mol. The number of benzene rings is 1. The molecule has 1 aromatic rings. The molecule has 108 valence electrons. The Morgan fingerprint density at radius 2 is 2.00 bits per heavy atom. The van der Waals surface area contributed by atoms with E-state index in [9.17, 15) is 4.79 Å². The van der Waals surface area contributed by atoms with Crippen LogP contribution in [-0.2, 0) is 4.79 Å². The number of hydrogen-bond acceptors (Lipinski definition) is 4. The molecular formula is C14H18ClN3OS. The largest absolute Gasteiger partial charge is 0.340 e. The molecule has 6 heteroatoms. The molecule has 0 aliphatic carbocycles. The molecule has 20 heavy (non-hydrogen) atoms. The standard InChI is InChI=1S/C14H18ClN3OS/c15-11-4-2-1-3-10(11)12-9-13(17-16-12)14(19)18-5-7-20-8-6-18/h1-4,12-13,16-17H,5-9H2. The molecule has 3 rings (SSSR count). The smallest absolute Gasteiger partial charge is 0.241 e. The molecule has 2 fully saturated rings. The maximum absolute atomic E-state index is 12.4. The van der Waals surface area contributed by atoms with Crippen LogP contribution < -0.4 is 10.9 Å². The number of hydrogen-bond donors (Lipinski definition) is 2. The lowest BCUT2D eigenvalue weighted by molar-refractivity contribution is -0.132. The number of nitrogens with one attached hydrogen (secondary N) is 2. The van der Waals surface area contributed by atoms with Crippen molar-refractivity contribution in [3.05, 3.63) is 34.9 Å². The molecule has 0 radical (unpaired) electrons. The van der Waals surface area contributed by atoms with Gasteiger partial charge in [-0.1, -0.05) is 29.8 Å². The molecule has 2 aliphatic rings. The number of thioether (sulfide) groups is 1. The van der Waals surface area contributed by atoms with Crippen molar-refractivity contribution in [3.63, 3.8) is 0 Å². The minimum Gasteiger partial charge on any atom is -0.340 e. The fraction of sp³-hybridized carbons (Fsp3) is 0.500. The van der Waals surface area contributed by atoms with Crippen molar-refractivity contribution in [2.75, 3.05) is 24.6 Å². The summed E-state index contributed by atoms with van der Waals surface area (Å²) >= 11 is 8.13. The number of nitrogens with zero attached hydrogens (tertiary/aromatic N) is 1. The molecule has 2 atom stereocenters. The van der Waals surface area contributed by atoms with Gasteiger partial charge in [-0.3, -0.25) is 4.79 Å². The van der Waals surface area contributed by atoms with Gasteiger partial charge in [0.15, 0.2) is 0 Å². The summed E-state index contributed by atoms with van der Waals surface area (Å²) in [5, 5.41) is 0.745. The topological polar surface area (TPSA) is 44.4 Å². The number of carbonyl (C=O) groups is 1. The van der Waals surface area contributed by atoms with E-state index < -0.39 is 0 Å². The summed E-state index contributed by atoms with van der Waals surface area (Å²) in [7, 11) is 0. The summed E-state index contributed by atoms with van der Waals surface area (Å²) in [5.74, 6) is 2.28. The van der Waals surface area contributed by atoms with E-state index in [4.69, 9.17) is 11.6 Å². The summed E-state index contributed by atoms with van der Waals surface area (Å²) in [6, 6.07) is 7.72. The van der Waals surface area contributed by atoms with Crippen LogP contribution in [0.25, 0.3) is 0 Å². The van der Waals surface area contributed by atoms with Gasteiger partial charge in [-0.05, 0) is 18.1 Å². The van der Waals surface area contributed by atoms with Gasteiger partial charge in [0, 0.05) is 35.7 Å². The number of hydrazine groups is 1. The first-order valence-electron chi connectivity index (χ1n) is 6.88. The zero-order valence-corrected chi connectivity index (χ0v) is 12.7. The number of rotatable bonds is 2. The van der Waals surface area contributed by atoms with E-state index in [2.05, 4.69) is 10.9 Å². The third-order valence-electron chi connectivity index (χ3n) is 3.80. The van der Waals surface area contributed by atoms with E-state index >= 15 is 0 Å². The van der Waals surface area contributed by atoms with E-state index in [1.54, 1.807) is 0 Å². The Labute approximate surface area is 128 Å². The van der Waals surface area contributed by atoms with Crippen molar-refractivity contribution in [2.24, 2.45) is 0 Å². The van der Waals surface area contributed by atoms with Crippen molar-refractivity contribution in [1.82, 2.24) is 15.8 Å². The fourth-order valence-corrected chi connectivity index (χ4v) is 3.85. The van der Waals surface area contributed by atoms with Crippen LogP contribution in [0.15, 0.2) is 24.3 Å². The maximum atomic E-state index is 12.4. The van der Waals surface area contributed by atoms with Crippen molar-refractivity contribution in [3.8, 4) is 0 Å². The van der Waals surface area contributed by atoms with Crippen LogP contribution in [0.3, 0.4) is 0 Å². The summed E-state index contributed by atoms with van der Waals surface area (Å²) < 4.78 is 0. The fourth-order valence-electron chi connectivity index (χ4n) is 2.68. The lowest BCUT2D eigenvalue weighted by atomic mass is 10.0. The van der Waals surface area contributed by atoms with Gasteiger partial charge < -0.3 is 4.90 Å². The van der Waals surface area contributed by atoms with Gasteiger partial charge in [0.05, 0.1) is 0 Å². The highest BCUT2D eigenvalue weighted by molar-refractivity contribution is 7.99. The average molecular weight is 312 g/mol. The van der Waals surface area contributed by atoms with Gasteiger partial charge in [-0.2, -0.15) is 11.8 Å². The quantitative estimate of drug-likeness (QED) is 0.874. The second-order valence-corrected chi connectivity index (χ2v) is 6.72. The zero-order valence-electron chi connectivity index (χ0n) is 11.1. The minimum atomic E-state index is -0.153. The molecule has 1 amide bonds. The molecule has 0 saturated carbocycles. The van der Waals surface area contributed by atoms with Gasteiger partial charge in [-0.15, -0.1) is 0 Å². The Kier molecular flexibility index (Phi) is 4.51. The highest BCUT2D eigenvalue weighted by atomic mass is 35.5. The van der Waals surface area contributed by atoms with Crippen molar-refractivity contribution >= 4 is 29.3 Å². The third kappa shape index (κ3) is 2.96. The van der Waals surface area contributed by atoms with Crippen molar-refractivity contribution in [1.29, 1.82) is 0 Å². The second kappa shape index (κ2) is 6.35. The molecule has 2 saturated heterocycles. The summed E-state index contributed by atoms with van der Waals surface area (Å²) in [5.41, 5.74) is 7.37. The zero-order chi connectivity index (χ0) is 13.9. The third-order valence-corrected chi connectivity index (χ3v) is 5.09. The van der Waals surface area contributed by atoms with Gasteiger partial charge in [0.1, 0.15) is 6.04 Å². The minimum absolute atomic E-state index is 0.0943. The first-order chi connectivity index (χ1) is 9.75. The Balaban J connectivity index is 1.64. The van der Waals surface area contributed by atoms with Crippen molar-refractivity contribution in [2.45, 2.75) is 18.5 Å². The van der Waals surface area contributed by atoms with Gasteiger partial charge in [0.2, 0.25) is 5.91 Å². The van der Waals surface area contributed by atoms with Gasteiger partial charge in [0.25, 0.3) is 0 Å². The Hall–Kier alpha value is -0.750. The van der Waals surface area contributed by atoms with E-state index in [1.165, 1.54) is 0 Å². The van der Waals surface area contributed by atoms with Crippen molar-refractivity contribution < 1.29 is 4.79 Å². The van der Waals surface area contributed by atoms with Crippen LogP contribution >= 0.6 is 23.4 Å². The highest BCUT2D eigenvalue weighted by Crippen LogP contribution is 2.28. The summed E-state index contributed by atoms with van der Waals surface area (Å²) in [4.78, 5) is 14.4. The first kappa shape index (κ1) is 14.2. The molecule has 0 aromatic heterocycles. The number of amides is 1. The van der Waals surface area contributed by atoms with E-state index in [0.717, 1.165) is 41.6 Å². The molecule has 4 nitrogen and oxygen atoms in total. The maximum Gasteiger partial charge on any atom is 0.241 e. The van der Waals surface area contributed by atoms with Gasteiger partial charge in [-0.25, -0.2) is 10.9 Å². The summed E-state index contributed by atoms with van der Waals surface area (Å²) in [6.07, 6.45) is 0.742. The Bertz CT molecular complexity index is 493. The molecule has 2 heterocycles. The number of halogens is 1. The molecule has 2 unspecified atom stereocenters. The average Bonchev–Trinajstić information content (AvgIpc) is 2.97. The number of carbonyl (C=O) groups excluding carboxylic acids is 1. The molecule has 0 bridgehead atoms. The van der Waals surface area contributed by atoms with Crippen LogP contribution in [0.1, 0.15) is 18.0 Å². The van der Waals surface area contributed by atoms with E-state index in [-0.39, 0.29) is 18.0 Å². The molecule has 2 aliphatic heterocycles. The highest BCUT2D eigenvalue weighted by Gasteiger charge is 2.33. The Morgan fingerprint density at radius 3 is 2.75 bits per heavy atom. The lowest BCUT2D eigenvalue weighted by Gasteiger charge is -2.28.